The second-order valence-corrected chi connectivity index (χ2v) is 6.76. The van der Waals surface area contributed by atoms with Crippen molar-refractivity contribution in [1.29, 1.82) is 0 Å². The zero-order valence-electron chi connectivity index (χ0n) is 16.3. The fraction of sp³-hybridized carbons (Fsp3) is 0.318. The minimum absolute atomic E-state index is 0.321. The molecule has 3 aromatic rings. The summed E-state index contributed by atoms with van der Waals surface area (Å²) in [4.78, 5) is 19.7. The number of hydroxylamine groups is 1. The molecule has 1 amide bonds. The van der Waals surface area contributed by atoms with E-state index in [0.717, 1.165) is 54.7 Å². The van der Waals surface area contributed by atoms with Crippen molar-refractivity contribution < 1.29 is 14.7 Å². The highest BCUT2D eigenvalue weighted by atomic mass is 16.5. The van der Waals surface area contributed by atoms with E-state index in [0.29, 0.717) is 13.0 Å². The zero-order chi connectivity index (χ0) is 20.3. The highest BCUT2D eigenvalue weighted by Gasteiger charge is 2.06. The minimum atomic E-state index is -0.354. The number of hydrogen-bond acceptors (Lipinski definition) is 6. The summed E-state index contributed by atoms with van der Waals surface area (Å²) in [5.41, 5.74) is 3.78. The average Bonchev–Trinajstić information content (AvgIpc) is 2.77. The maximum absolute atomic E-state index is 11.0. The van der Waals surface area contributed by atoms with E-state index >= 15 is 0 Å². The van der Waals surface area contributed by atoms with Crippen molar-refractivity contribution >= 4 is 22.6 Å². The van der Waals surface area contributed by atoms with Crippen molar-refractivity contribution in [1.82, 2.24) is 15.4 Å². The highest BCUT2D eigenvalue weighted by Crippen LogP contribution is 2.24. The predicted molar refractivity (Wildman–Crippen MR) is 112 cm³/mol. The summed E-state index contributed by atoms with van der Waals surface area (Å²) in [6.07, 6.45) is 5.21. The van der Waals surface area contributed by atoms with Gasteiger partial charge in [-0.2, -0.15) is 0 Å². The molecule has 0 aliphatic carbocycles. The first kappa shape index (κ1) is 20.5. The molecule has 29 heavy (non-hydrogen) atoms. The Hall–Kier alpha value is -3.19. The lowest BCUT2D eigenvalue weighted by Crippen LogP contribution is -2.17. The Morgan fingerprint density at radius 1 is 1.03 bits per heavy atom. The molecule has 7 heteroatoms. The maximum atomic E-state index is 11.0. The van der Waals surface area contributed by atoms with Crippen molar-refractivity contribution in [3.8, 4) is 5.75 Å². The van der Waals surface area contributed by atoms with E-state index in [9.17, 15) is 4.79 Å². The monoisotopic (exact) mass is 394 g/mol. The molecule has 0 spiro atoms. The molecular formula is C22H26N4O3. The highest BCUT2D eigenvalue weighted by molar-refractivity contribution is 5.89. The Bertz CT molecular complexity index is 918. The predicted octanol–water partition coefficient (Wildman–Crippen LogP) is 3.73. The van der Waals surface area contributed by atoms with Crippen LogP contribution in [-0.4, -0.2) is 34.2 Å². The van der Waals surface area contributed by atoms with Crippen LogP contribution >= 0.6 is 0 Å². The van der Waals surface area contributed by atoms with Crippen LogP contribution in [0.3, 0.4) is 0 Å². The third-order valence-corrected chi connectivity index (χ3v) is 4.60. The number of unbranched alkanes of at least 4 members (excludes halogenated alkanes) is 2. The Kier molecular flexibility index (Phi) is 7.77. The average molecular weight is 394 g/mol. The number of carbonyl (C=O) groups excluding carboxylic acids is 1. The molecule has 0 fully saturated rings. The summed E-state index contributed by atoms with van der Waals surface area (Å²) in [7, 11) is 0. The number of aromatic nitrogens is 2. The van der Waals surface area contributed by atoms with Crippen molar-refractivity contribution in [3.63, 3.8) is 0 Å². The van der Waals surface area contributed by atoms with Gasteiger partial charge in [0.25, 0.3) is 0 Å². The molecule has 0 bridgehead atoms. The van der Waals surface area contributed by atoms with Gasteiger partial charge >= 0.3 is 0 Å². The summed E-state index contributed by atoms with van der Waals surface area (Å²) in [5, 5.41) is 12.8. The van der Waals surface area contributed by atoms with Crippen LogP contribution < -0.4 is 15.5 Å². The molecule has 2 aromatic carbocycles. The minimum Gasteiger partial charge on any atom is -0.494 e. The number of fused-ring (bicyclic) bond motifs is 1. The van der Waals surface area contributed by atoms with Crippen LogP contribution in [0.2, 0.25) is 0 Å². The first-order valence-corrected chi connectivity index (χ1v) is 9.84. The van der Waals surface area contributed by atoms with Gasteiger partial charge in [0.1, 0.15) is 17.9 Å². The number of benzene rings is 2. The molecule has 3 N–H and O–H groups in total. The van der Waals surface area contributed by atoms with Crippen molar-refractivity contribution in [3.05, 3.63) is 60.4 Å². The van der Waals surface area contributed by atoms with Crippen LogP contribution in [-0.2, 0) is 11.2 Å². The Morgan fingerprint density at radius 3 is 2.72 bits per heavy atom. The van der Waals surface area contributed by atoms with Crippen molar-refractivity contribution in [2.75, 3.05) is 18.5 Å². The zero-order valence-corrected chi connectivity index (χ0v) is 16.3. The van der Waals surface area contributed by atoms with E-state index in [4.69, 9.17) is 9.94 Å². The van der Waals surface area contributed by atoms with Crippen LogP contribution in [0.4, 0.5) is 5.82 Å². The Labute approximate surface area is 170 Å². The number of amides is 1. The van der Waals surface area contributed by atoms with E-state index in [-0.39, 0.29) is 5.91 Å². The van der Waals surface area contributed by atoms with Gasteiger partial charge in [-0.3, -0.25) is 10.0 Å². The van der Waals surface area contributed by atoms with Crippen molar-refractivity contribution in [2.45, 2.75) is 32.1 Å². The van der Waals surface area contributed by atoms with E-state index in [1.54, 1.807) is 11.8 Å². The van der Waals surface area contributed by atoms with Gasteiger partial charge in [-0.1, -0.05) is 30.3 Å². The number of anilines is 1. The van der Waals surface area contributed by atoms with Crippen LogP contribution in [0.15, 0.2) is 54.9 Å². The first-order chi connectivity index (χ1) is 14.3. The quantitative estimate of drug-likeness (QED) is 0.261. The molecule has 0 saturated heterocycles. The fourth-order valence-corrected chi connectivity index (χ4v) is 3.05. The van der Waals surface area contributed by atoms with E-state index in [2.05, 4.69) is 27.4 Å². The molecule has 0 unspecified atom stereocenters. The second kappa shape index (κ2) is 11.0. The van der Waals surface area contributed by atoms with Gasteiger partial charge in [0.05, 0.1) is 12.1 Å². The molecule has 1 aromatic heterocycles. The van der Waals surface area contributed by atoms with Crippen LogP contribution in [0.1, 0.15) is 31.2 Å². The van der Waals surface area contributed by atoms with E-state index < -0.39 is 0 Å². The van der Waals surface area contributed by atoms with Crippen LogP contribution in [0, 0.1) is 0 Å². The molecule has 0 saturated carbocycles. The number of carbonyl (C=O) groups is 1. The van der Waals surface area contributed by atoms with Gasteiger partial charge in [-0.05, 0) is 49.4 Å². The fourth-order valence-electron chi connectivity index (χ4n) is 3.05. The molecule has 0 aliphatic rings. The van der Waals surface area contributed by atoms with Gasteiger partial charge < -0.3 is 10.1 Å². The second-order valence-electron chi connectivity index (χ2n) is 6.76. The molecule has 7 nitrogen and oxygen atoms in total. The summed E-state index contributed by atoms with van der Waals surface area (Å²) in [6, 6.07) is 16.1. The molecule has 3 rings (SSSR count). The molecule has 0 radical (unpaired) electrons. The Balaban J connectivity index is 1.52. The number of hydrogen-bond donors (Lipinski definition) is 3. The maximum Gasteiger partial charge on any atom is 0.243 e. The van der Waals surface area contributed by atoms with Crippen LogP contribution in [0.5, 0.6) is 5.75 Å². The number of nitrogens with one attached hydrogen (secondary N) is 2. The van der Waals surface area contributed by atoms with Crippen LogP contribution in [0.25, 0.3) is 10.9 Å². The topological polar surface area (TPSA) is 96.4 Å². The molecule has 152 valence electrons. The largest absolute Gasteiger partial charge is 0.494 e. The molecule has 0 atom stereocenters. The molecule has 1 heterocycles. The van der Waals surface area contributed by atoms with Gasteiger partial charge in [0.2, 0.25) is 5.91 Å². The van der Waals surface area contributed by atoms with E-state index in [1.165, 1.54) is 5.56 Å². The van der Waals surface area contributed by atoms with Gasteiger partial charge in [-0.25, -0.2) is 15.4 Å². The SMILES string of the molecule is O=C(CCCCCOc1ccc2ncnc(NCCc3ccccc3)c2c1)NO. The normalized spacial score (nSPS) is 10.7. The standard InChI is InChI=1S/C22H26N4O3/c27-21(26-28)9-5-2-6-14-29-18-10-11-20-19(15-18)22(25-16-24-20)23-13-12-17-7-3-1-4-8-17/h1,3-4,7-8,10-11,15-16,28H,2,5-6,9,12-14H2,(H,26,27)(H,23,24,25). The molecular weight excluding hydrogens is 368 g/mol. The van der Waals surface area contributed by atoms with Crippen molar-refractivity contribution in [2.24, 2.45) is 0 Å². The van der Waals surface area contributed by atoms with Gasteiger partial charge in [-0.15, -0.1) is 0 Å². The Morgan fingerprint density at radius 2 is 1.90 bits per heavy atom. The lowest BCUT2D eigenvalue weighted by atomic mass is 10.1. The number of rotatable bonds is 11. The lowest BCUT2D eigenvalue weighted by Gasteiger charge is -2.11. The lowest BCUT2D eigenvalue weighted by molar-refractivity contribution is -0.129. The molecule has 0 aliphatic heterocycles. The first-order valence-electron chi connectivity index (χ1n) is 9.84. The third-order valence-electron chi connectivity index (χ3n) is 4.60. The van der Waals surface area contributed by atoms with E-state index in [1.807, 2.05) is 36.4 Å². The number of nitrogens with zero attached hydrogens (tertiary/aromatic N) is 2. The van der Waals surface area contributed by atoms with Gasteiger partial charge in [0, 0.05) is 18.4 Å². The summed E-state index contributed by atoms with van der Waals surface area (Å²) >= 11 is 0. The smallest absolute Gasteiger partial charge is 0.243 e. The summed E-state index contributed by atoms with van der Waals surface area (Å²) in [5.74, 6) is 1.21. The number of ether oxygens (including phenoxy) is 1. The third kappa shape index (κ3) is 6.43. The summed E-state index contributed by atoms with van der Waals surface area (Å²) < 4.78 is 5.84. The van der Waals surface area contributed by atoms with Gasteiger partial charge in [0.15, 0.2) is 0 Å². The summed E-state index contributed by atoms with van der Waals surface area (Å²) in [6.45, 7) is 1.35.